The van der Waals surface area contributed by atoms with Crippen LogP contribution in [0.2, 0.25) is 0 Å². The molecule has 0 unspecified atom stereocenters. The van der Waals surface area contributed by atoms with Crippen molar-refractivity contribution in [3.63, 3.8) is 0 Å². The van der Waals surface area contributed by atoms with Crippen LogP contribution in [0.1, 0.15) is 25.7 Å². The SMILES string of the molecule is C=CC[C@@H](O)CCCC(=O)OC. The van der Waals surface area contributed by atoms with Crippen LogP contribution in [0.5, 0.6) is 0 Å². The molecule has 3 nitrogen and oxygen atoms in total. The van der Waals surface area contributed by atoms with E-state index in [9.17, 15) is 9.90 Å². The van der Waals surface area contributed by atoms with Crippen molar-refractivity contribution in [2.75, 3.05) is 7.11 Å². The van der Waals surface area contributed by atoms with E-state index >= 15 is 0 Å². The molecular formula is C9H16O3. The monoisotopic (exact) mass is 172 g/mol. The van der Waals surface area contributed by atoms with Gasteiger partial charge in [0.05, 0.1) is 13.2 Å². The van der Waals surface area contributed by atoms with Crippen LogP contribution in [0.3, 0.4) is 0 Å². The third-order valence-electron chi connectivity index (χ3n) is 1.58. The third kappa shape index (κ3) is 5.92. The summed E-state index contributed by atoms with van der Waals surface area (Å²) in [7, 11) is 1.36. The van der Waals surface area contributed by atoms with Gasteiger partial charge in [0.1, 0.15) is 0 Å². The molecule has 0 rings (SSSR count). The van der Waals surface area contributed by atoms with Gasteiger partial charge >= 0.3 is 5.97 Å². The van der Waals surface area contributed by atoms with Crippen LogP contribution in [0.25, 0.3) is 0 Å². The highest BCUT2D eigenvalue weighted by Crippen LogP contribution is 2.05. The van der Waals surface area contributed by atoms with Crippen molar-refractivity contribution >= 4 is 5.97 Å². The molecule has 1 atom stereocenters. The van der Waals surface area contributed by atoms with Crippen LogP contribution < -0.4 is 0 Å². The normalized spacial score (nSPS) is 12.2. The summed E-state index contributed by atoms with van der Waals surface area (Å²) < 4.78 is 4.45. The minimum absolute atomic E-state index is 0.221. The standard InChI is InChI=1S/C9H16O3/c1-3-5-8(10)6-4-7-9(11)12-2/h3,8,10H,1,4-7H2,2H3/t8-/m1/s1. The molecule has 3 heteroatoms. The Hall–Kier alpha value is -0.830. The topological polar surface area (TPSA) is 46.5 Å². The molecule has 0 saturated carbocycles. The number of hydrogen-bond acceptors (Lipinski definition) is 3. The summed E-state index contributed by atoms with van der Waals surface area (Å²) in [6.07, 6.45) is 3.56. The molecular weight excluding hydrogens is 156 g/mol. The quantitative estimate of drug-likeness (QED) is 0.484. The Kier molecular flexibility index (Phi) is 6.38. The Bertz CT molecular complexity index is 143. The number of esters is 1. The summed E-state index contributed by atoms with van der Waals surface area (Å²) in [6.45, 7) is 3.51. The fraction of sp³-hybridized carbons (Fsp3) is 0.667. The number of carbonyl (C=O) groups excluding carboxylic acids is 1. The summed E-state index contributed by atoms with van der Waals surface area (Å²) in [5.41, 5.74) is 0. The van der Waals surface area contributed by atoms with Gasteiger partial charge in [-0.1, -0.05) is 6.08 Å². The molecule has 0 fully saturated rings. The second-order valence-electron chi connectivity index (χ2n) is 2.65. The molecule has 0 heterocycles. The van der Waals surface area contributed by atoms with Gasteiger partial charge in [-0.05, 0) is 19.3 Å². The predicted molar refractivity (Wildman–Crippen MR) is 46.7 cm³/mol. The van der Waals surface area contributed by atoms with Crippen LogP contribution in [0.4, 0.5) is 0 Å². The number of methoxy groups -OCH3 is 1. The van der Waals surface area contributed by atoms with Gasteiger partial charge in [-0.15, -0.1) is 6.58 Å². The van der Waals surface area contributed by atoms with Crippen molar-refractivity contribution in [2.24, 2.45) is 0 Å². The van der Waals surface area contributed by atoms with Crippen molar-refractivity contribution in [3.8, 4) is 0 Å². The van der Waals surface area contributed by atoms with Gasteiger partial charge in [-0.25, -0.2) is 0 Å². The van der Waals surface area contributed by atoms with Gasteiger partial charge in [0.2, 0.25) is 0 Å². The first kappa shape index (κ1) is 11.2. The Labute approximate surface area is 73.0 Å². The molecule has 0 saturated heterocycles. The van der Waals surface area contributed by atoms with Crippen molar-refractivity contribution < 1.29 is 14.6 Å². The van der Waals surface area contributed by atoms with E-state index in [0.29, 0.717) is 25.7 Å². The molecule has 0 radical (unpaired) electrons. The summed E-state index contributed by atoms with van der Waals surface area (Å²) in [6, 6.07) is 0. The lowest BCUT2D eigenvalue weighted by Crippen LogP contribution is -2.07. The highest BCUT2D eigenvalue weighted by atomic mass is 16.5. The van der Waals surface area contributed by atoms with Crippen LogP contribution >= 0.6 is 0 Å². The summed E-state index contributed by atoms with van der Waals surface area (Å²) in [5.74, 6) is -0.221. The number of ether oxygens (including phenoxy) is 1. The van der Waals surface area contributed by atoms with Crippen molar-refractivity contribution in [1.82, 2.24) is 0 Å². The Morgan fingerprint density at radius 1 is 1.75 bits per heavy atom. The van der Waals surface area contributed by atoms with E-state index < -0.39 is 0 Å². The molecule has 0 amide bonds. The maximum absolute atomic E-state index is 10.6. The van der Waals surface area contributed by atoms with E-state index in [-0.39, 0.29) is 12.1 Å². The average molecular weight is 172 g/mol. The summed E-state index contributed by atoms with van der Waals surface area (Å²) >= 11 is 0. The lowest BCUT2D eigenvalue weighted by molar-refractivity contribution is -0.140. The molecule has 12 heavy (non-hydrogen) atoms. The Morgan fingerprint density at radius 3 is 2.92 bits per heavy atom. The zero-order valence-corrected chi connectivity index (χ0v) is 7.45. The van der Waals surface area contributed by atoms with E-state index in [1.54, 1.807) is 6.08 Å². The van der Waals surface area contributed by atoms with Gasteiger partial charge in [-0.3, -0.25) is 4.79 Å². The van der Waals surface area contributed by atoms with Crippen molar-refractivity contribution in [3.05, 3.63) is 12.7 Å². The molecule has 70 valence electrons. The first-order valence-corrected chi connectivity index (χ1v) is 4.06. The van der Waals surface area contributed by atoms with Crippen molar-refractivity contribution in [1.29, 1.82) is 0 Å². The molecule has 0 aromatic heterocycles. The summed E-state index contributed by atoms with van der Waals surface area (Å²) in [5, 5.41) is 9.21. The van der Waals surface area contributed by atoms with Gasteiger partial charge in [0, 0.05) is 6.42 Å². The molecule has 0 spiro atoms. The summed E-state index contributed by atoms with van der Waals surface area (Å²) in [4.78, 5) is 10.6. The highest BCUT2D eigenvalue weighted by molar-refractivity contribution is 5.68. The lowest BCUT2D eigenvalue weighted by atomic mass is 10.1. The maximum Gasteiger partial charge on any atom is 0.305 e. The predicted octanol–water partition coefficient (Wildman–Crippen LogP) is 1.27. The fourth-order valence-electron chi connectivity index (χ4n) is 0.894. The third-order valence-corrected chi connectivity index (χ3v) is 1.58. The molecule has 0 aliphatic carbocycles. The highest BCUT2D eigenvalue weighted by Gasteiger charge is 2.04. The number of rotatable bonds is 6. The maximum atomic E-state index is 10.6. The van der Waals surface area contributed by atoms with Gasteiger partial charge < -0.3 is 9.84 Å². The second kappa shape index (κ2) is 6.85. The van der Waals surface area contributed by atoms with E-state index in [4.69, 9.17) is 0 Å². The first-order valence-electron chi connectivity index (χ1n) is 4.06. The molecule has 1 N–H and O–H groups in total. The van der Waals surface area contributed by atoms with E-state index in [0.717, 1.165) is 0 Å². The number of aliphatic hydroxyl groups excluding tert-OH is 1. The van der Waals surface area contributed by atoms with E-state index in [1.807, 2.05) is 0 Å². The number of carbonyl (C=O) groups is 1. The minimum Gasteiger partial charge on any atom is -0.469 e. The fourth-order valence-corrected chi connectivity index (χ4v) is 0.894. The zero-order valence-electron chi connectivity index (χ0n) is 7.45. The molecule has 0 aromatic carbocycles. The van der Waals surface area contributed by atoms with Crippen LogP contribution in [0.15, 0.2) is 12.7 Å². The Morgan fingerprint density at radius 2 is 2.42 bits per heavy atom. The second-order valence-corrected chi connectivity index (χ2v) is 2.65. The first-order chi connectivity index (χ1) is 5.70. The van der Waals surface area contributed by atoms with E-state index in [1.165, 1.54) is 7.11 Å². The van der Waals surface area contributed by atoms with Crippen LogP contribution in [-0.4, -0.2) is 24.3 Å². The molecule has 0 aliphatic rings. The minimum atomic E-state index is -0.368. The van der Waals surface area contributed by atoms with Gasteiger partial charge in [-0.2, -0.15) is 0 Å². The number of aliphatic hydroxyl groups is 1. The largest absolute Gasteiger partial charge is 0.469 e. The average Bonchev–Trinajstić information content (AvgIpc) is 2.04. The van der Waals surface area contributed by atoms with Crippen LogP contribution in [0, 0.1) is 0 Å². The number of hydrogen-bond donors (Lipinski definition) is 1. The van der Waals surface area contributed by atoms with E-state index in [2.05, 4.69) is 11.3 Å². The zero-order chi connectivity index (χ0) is 9.40. The van der Waals surface area contributed by atoms with Gasteiger partial charge in [0.15, 0.2) is 0 Å². The smallest absolute Gasteiger partial charge is 0.305 e. The van der Waals surface area contributed by atoms with Crippen LogP contribution in [-0.2, 0) is 9.53 Å². The Balaban J connectivity index is 3.29. The van der Waals surface area contributed by atoms with Crippen molar-refractivity contribution in [2.45, 2.75) is 31.8 Å². The molecule has 0 bridgehead atoms. The van der Waals surface area contributed by atoms with Gasteiger partial charge in [0.25, 0.3) is 0 Å². The molecule has 0 aliphatic heterocycles. The molecule has 0 aromatic rings. The lowest BCUT2D eigenvalue weighted by Gasteiger charge is -2.05.